The topological polar surface area (TPSA) is 8.81 Å². The third-order valence-electron chi connectivity index (χ3n) is 3.42. The number of aryl methyl sites for hydroxylation is 2. The van der Waals surface area contributed by atoms with Crippen molar-refractivity contribution in [3.63, 3.8) is 0 Å². The molecule has 0 unspecified atom stereocenters. The summed E-state index contributed by atoms with van der Waals surface area (Å²) in [4.78, 5) is 0. The van der Waals surface area contributed by atoms with Gasteiger partial charge in [0, 0.05) is 0 Å². The Hall–Kier alpha value is -2.06. The first kappa shape index (κ1) is 14.4. The lowest BCUT2D eigenvalue weighted by atomic mass is 10.2. The molecule has 3 heteroatoms. The summed E-state index contributed by atoms with van der Waals surface area (Å²) >= 11 is 0. The molecular formula is C17H18ClN2+. The average Bonchev–Trinajstić information content (AvgIpc) is 2.89. The van der Waals surface area contributed by atoms with E-state index in [1.165, 1.54) is 22.5 Å². The van der Waals surface area contributed by atoms with Gasteiger partial charge < -0.3 is 0 Å². The van der Waals surface area contributed by atoms with Crippen LogP contribution in [0.4, 0.5) is 0 Å². The van der Waals surface area contributed by atoms with Crippen LogP contribution in [-0.4, -0.2) is 4.57 Å². The summed E-state index contributed by atoms with van der Waals surface area (Å²) in [6.45, 7) is 4.26. The number of halogens is 1. The second-order valence-corrected chi connectivity index (χ2v) is 4.80. The highest BCUT2D eigenvalue weighted by Gasteiger charge is 2.11. The number of benzene rings is 2. The quantitative estimate of drug-likeness (QED) is 0.634. The van der Waals surface area contributed by atoms with Crippen molar-refractivity contribution in [2.75, 3.05) is 0 Å². The van der Waals surface area contributed by atoms with Crippen LogP contribution in [0, 0.1) is 13.8 Å². The van der Waals surface area contributed by atoms with Crippen LogP contribution in [0.2, 0.25) is 0 Å². The molecule has 0 atom stereocenters. The van der Waals surface area contributed by atoms with Gasteiger partial charge in [0.05, 0.1) is 0 Å². The second kappa shape index (κ2) is 5.93. The van der Waals surface area contributed by atoms with E-state index >= 15 is 0 Å². The van der Waals surface area contributed by atoms with Gasteiger partial charge in [-0.15, -0.1) is 12.4 Å². The van der Waals surface area contributed by atoms with Crippen LogP contribution in [0.15, 0.2) is 67.3 Å². The summed E-state index contributed by atoms with van der Waals surface area (Å²) in [5.74, 6) is 0. The second-order valence-electron chi connectivity index (χ2n) is 4.80. The van der Waals surface area contributed by atoms with Gasteiger partial charge in [-0.1, -0.05) is 36.4 Å². The molecule has 2 aromatic carbocycles. The van der Waals surface area contributed by atoms with Crippen LogP contribution in [0.1, 0.15) is 11.1 Å². The molecule has 3 aromatic rings. The van der Waals surface area contributed by atoms with E-state index in [9.17, 15) is 0 Å². The van der Waals surface area contributed by atoms with Gasteiger partial charge in [-0.05, 0) is 37.1 Å². The van der Waals surface area contributed by atoms with Crippen molar-refractivity contribution in [3.8, 4) is 11.4 Å². The highest BCUT2D eigenvalue weighted by Crippen LogP contribution is 2.13. The Morgan fingerprint density at radius 1 is 0.850 bits per heavy atom. The highest BCUT2D eigenvalue weighted by atomic mass is 35.5. The molecule has 0 fully saturated rings. The molecule has 1 aromatic heterocycles. The average molecular weight is 286 g/mol. The molecule has 20 heavy (non-hydrogen) atoms. The molecule has 0 aliphatic heterocycles. The molecule has 2 nitrogen and oxygen atoms in total. The third kappa shape index (κ3) is 2.61. The molecule has 1 heterocycles. The van der Waals surface area contributed by atoms with Crippen molar-refractivity contribution in [1.82, 2.24) is 4.57 Å². The minimum atomic E-state index is 0. The predicted octanol–water partition coefficient (Wildman–Crippen LogP) is 3.79. The Kier molecular flexibility index (Phi) is 4.26. The van der Waals surface area contributed by atoms with Gasteiger partial charge in [-0.25, -0.2) is 9.13 Å². The number of aromatic nitrogens is 2. The van der Waals surface area contributed by atoms with Crippen LogP contribution in [0.5, 0.6) is 0 Å². The molecule has 0 bridgehead atoms. The van der Waals surface area contributed by atoms with Crippen molar-refractivity contribution in [2.24, 2.45) is 0 Å². The van der Waals surface area contributed by atoms with E-state index in [1.54, 1.807) is 0 Å². The molecule has 0 aliphatic rings. The number of nitrogens with zero attached hydrogens (tertiary/aromatic N) is 2. The maximum atomic E-state index is 2.15. The molecule has 0 N–H and O–H groups in total. The van der Waals surface area contributed by atoms with Crippen molar-refractivity contribution in [2.45, 2.75) is 13.8 Å². The lowest BCUT2D eigenvalue weighted by Crippen LogP contribution is -2.28. The molecule has 0 aliphatic carbocycles. The van der Waals surface area contributed by atoms with Crippen molar-refractivity contribution in [1.29, 1.82) is 0 Å². The fourth-order valence-electron chi connectivity index (χ4n) is 2.35. The number of para-hydroxylation sites is 2. The summed E-state index contributed by atoms with van der Waals surface area (Å²) in [7, 11) is 0. The lowest BCUT2D eigenvalue weighted by Gasteiger charge is -2.01. The van der Waals surface area contributed by atoms with E-state index in [1.807, 2.05) is 0 Å². The number of hydrogen-bond donors (Lipinski definition) is 0. The SMILES string of the molecule is Cc1ccccc1-n1cc[n+](-c2ccccc2C)c1.Cl. The zero-order valence-corrected chi connectivity index (χ0v) is 12.5. The molecule has 0 spiro atoms. The summed E-state index contributed by atoms with van der Waals surface area (Å²) in [6.07, 6.45) is 6.30. The molecule has 0 radical (unpaired) electrons. The fourth-order valence-corrected chi connectivity index (χ4v) is 2.35. The highest BCUT2D eigenvalue weighted by molar-refractivity contribution is 5.85. The Balaban J connectivity index is 0.00000147. The molecule has 3 rings (SSSR count). The van der Waals surface area contributed by atoms with Gasteiger partial charge in [0.25, 0.3) is 6.33 Å². The minimum absolute atomic E-state index is 0. The summed E-state index contributed by atoms with van der Waals surface area (Å²) in [5, 5.41) is 0. The van der Waals surface area contributed by atoms with Crippen molar-refractivity contribution >= 4 is 12.4 Å². The largest absolute Gasteiger partial charge is 0.254 e. The summed E-state index contributed by atoms with van der Waals surface area (Å²) < 4.78 is 4.31. The van der Waals surface area contributed by atoms with Gasteiger partial charge in [0.2, 0.25) is 0 Å². The maximum Gasteiger partial charge on any atom is 0.254 e. The van der Waals surface area contributed by atoms with Gasteiger partial charge in [0.1, 0.15) is 23.8 Å². The standard InChI is InChI=1S/C17H17N2.ClH/c1-14-7-3-5-9-16(14)18-11-12-19(13-18)17-10-6-4-8-15(17)2;/h3-13H,1-2H3;1H/q+1;. The van der Waals surface area contributed by atoms with E-state index in [4.69, 9.17) is 0 Å². The number of rotatable bonds is 2. The molecule has 0 saturated carbocycles. The normalized spacial score (nSPS) is 10.1. The van der Waals surface area contributed by atoms with E-state index in [0.717, 1.165) is 0 Å². The van der Waals surface area contributed by atoms with Gasteiger partial charge >= 0.3 is 0 Å². The van der Waals surface area contributed by atoms with Gasteiger partial charge in [-0.2, -0.15) is 0 Å². The third-order valence-corrected chi connectivity index (χ3v) is 3.42. The molecule has 0 saturated heterocycles. The Labute approximate surface area is 125 Å². The summed E-state index contributed by atoms with van der Waals surface area (Å²) in [5.41, 5.74) is 4.98. The van der Waals surface area contributed by atoms with E-state index in [0.29, 0.717) is 0 Å². The Bertz CT molecular complexity index is 656. The smallest absolute Gasteiger partial charge is 0.202 e. The first-order valence-electron chi connectivity index (χ1n) is 6.47. The number of imidazole rings is 1. The van der Waals surface area contributed by atoms with E-state index < -0.39 is 0 Å². The first-order valence-corrected chi connectivity index (χ1v) is 6.47. The van der Waals surface area contributed by atoms with Crippen LogP contribution >= 0.6 is 12.4 Å². The Morgan fingerprint density at radius 3 is 2.20 bits per heavy atom. The zero-order valence-electron chi connectivity index (χ0n) is 11.7. The summed E-state index contributed by atoms with van der Waals surface area (Å²) in [6, 6.07) is 16.8. The van der Waals surface area contributed by atoms with Gasteiger partial charge in [-0.3, -0.25) is 0 Å². The molecule has 102 valence electrons. The van der Waals surface area contributed by atoms with Crippen LogP contribution in [0.3, 0.4) is 0 Å². The monoisotopic (exact) mass is 285 g/mol. The minimum Gasteiger partial charge on any atom is -0.202 e. The van der Waals surface area contributed by atoms with Crippen molar-refractivity contribution < 1.29 is 4.57 Å². The van der Waals surface area contributed by atoms with Crippen molar-refractivity contribution in [3.05, 3.63) is 78.4 Å². The van der Waals surface area contributed by atoms with Crippen LogP contribution < -0.4 is 4.57 Å². The van der Waals surface area contributed by atoms with Crippen LogP contribution in [0.25, 0.3) is 11.4 Å². The Morgan fingerprint density at radius 2 is 1.50 bits per heavy atom. The maximum absolute atomic E-state index is 2.15. The molecule has 0 amide bonds. The van der Waals surface area contributed by atoms with Gasteiger partial charge in [0.15, 0.2) is 0 Å². The van der Waals surface area contributed by atoms with Crippen LogP contribution in [-0.2, 0) is 0 Å². The number of hydrogen-bond acceptors (Lipinski definition) is 0. The zero-order chi connectivity index (χ0) is 13.2. The van der Waals surface area contributed by atoms with E-state index in [-0.39, 0.29) is 12.4 Å². The lowest BCUT2D eigenvalue weighted by molar-refractivity contribution is -0.595. The molecular weight excluding hydrogens is 268 g/mol. The predicted molar refractivity (Wildman–Crippen MR) is 84.0 cm³/mol. The fraction of sp³-hybridized carbons (Fsp3) is 0.118. The van der Waals surface area contributed by atoms with E-state index in [2.05, 4.69) is 90.2 Å². The first-order chi connectivity index (χ1) is 9.25.